The van der Waals surface area contributed by atoms with Crippen LogP contribution in [0.1, 0.15) is 27.6 Å². The molecule has 74 valence electrons. The van der Waals surface area contributed by atoms with Crippen LogP contribution in [0.2, 0.25) is 0 Å². The molecule has 1 aromatic heterocycles. The molecule has 1 aromatic rings. The fourth-order valence-corrected chi connectivity index (χ4v) is 1.82. The molecule has 0 unspecified atom stereocenters. The van der Waals surface area contributed by atoms with E-state index < -0.39 is 0 Å². The van der Waals surface area contributed by atoms with Gasteiger partial charge in [0.05, 0.1) is 5.69 Å². The van der Waals surface area contributed by atoms with Gasteiger partial charge in [0.1, 0.15) is 11.5 Å². The third-order valence-corrected chi connectivity index (χ3v) is 2.51. The van der Waals surface area contributed by atoms with Gasteiger partial charge in [-0.3, -0.25) is 4.79 Å². The number of fused-ring (bicyclic) bond motifs is 1. The Kier molecular flexibility index (Phi) is 2.29. The Balaban J connectivity index is 2.51. The second-order valence-corrected chi connectivity index (χ2v) is 3.69. The highest BCUT2D eigenvalue weighted by Crippen LogP contribution is 2.17. The van der Waals surface area contributed by atoms with E-state index in [0.29, 0.717) is 11.5 Å². The van der Waals surface area contributed by atoms with E-state index in [0.717, 1.165) is 37.1 Å². The summed E-state index contributed by atoms with van der Waals surface area (Å²) in [6, 6.07) is 0. The molecule has 2 rings (SSSR count). The predicted molar refractivity (Wildman–Crippen MR) is 52.2 cm³/mol. The molecular weight excluding hydrogens is 178 g/mol. The lowest BCUT2D eigenvalue weighted by molar-refractivity contribution is 0.111. The van der Waals surface area contributed by atoms with Crippen molar-refractivity contribution in [2.75, 3.05) is 13.6 Å². The quantitative estimate of drug-likeness (QED) is 0.609. The van der Waals surface area contributed by atoms with E-state index in [1.165, 1.54) is 0 Å². The van der Waals surface area contributed by atoms with Gasteiger partial charge < -0.3 is 4.90 Å². The van der Waals surface area contributed by atoms with Crippen molar-refractivity contribution < 1.29 is 4.79 Å². The minimum absolute atomic E-state index is 0.570. The topological polar surface area (TPSA) is 46.1 Å². The molecule has 0 bridgehead atoms. The van der Waals surface area contributed by atoms with Gasteiger partial charge in [-0.25, -0.2) is 9.97 Å². The molecule has 0 atom stereocenters. The average Bonchev–Trinajstić information content (AvgIpc) is 2.15. The Morgan fingerprint density at radius 1 is 1.43 bits per heavy atom. The third kappa shape index (κ3) is 1.53. The molecule has 0 N–H and O–H groups in total. The van der Waals surface area contributed by atoms with Crippen molar-refractivity contribution in [3.8, 4) is 0 Å². The summed E-state index contributed by atoms with van der Waals surface area (Å²) in [6.07, 6.45) is 1.71. The van der Waals surface area contributed by atoms with Crippen LogP contribution in [0.5, 0.6) is 0 Å². The minimum atomic E-state index is 0.570. The summed E-state index contributed by atoms with van der Waals surface area (Å²) in [5, 5.41) is 0. The number of rotatable bonds is 1. The van der Waals surface area contributed by atoms with Crippen LogP contribution in [0.3, 0.4) is 0 Å². The first-order chi connectivity index (χ1) is 6.70. The highest BCUT2D eigenvalue weighted by Gasteiger charge is 2.18. The molecule has 0 amide bonds. The number of likely N-dealkylation sites (N-methyl/N-ethyl adjacent to an activating group) is 1. The zero-order valence-corrected chi connectivity index (χ0v) is 8.45. The van der Waals surface area contributed by atoms with Crippen LogP contribution >= 0.6 is 0 Å². The second-order valence-electron chi connectivity index (χ2n) is 3.69. The second kappa shape index (κ2) is 3.46. The molecule has 0 saturated heterocycles. The summed E-state index contributed by atoms with van der Waals surface area (Å²) >= 11 is 0. The number of hydrogen-bond acceptors (Lipinski definition) is 4. The summed E-state index contributed by atoms with van der Waals surface area (Å²) in [5.41, 5.74) is 2.61. The molecule has 4 nitrogen and oxygen atoms in total. The third-order valence-electron chi connectivity index (χ3n) is 2.51. The maximum atomic E-state index is 10.8. The van der Waals surface area contributed by atoms with E-state index in [1.54, 1.807) is 0 Å². The molecule has 0 aliphatic carbocycles. The van der Waals surface area contributed by atoms with Gasteiger partial charge in [-0.2, -0.15) is 0 Å². The van der Waals surface area contributed by atoms with Crippen LogP contribution in [-0.2, 0) is 13.0 Å². The molecule has 1 aliphatic rings. The van der Waals surface area contributed by atoms with Gasteiger partial charge in [-0.15, -0.1) is 0 Å². The van der Waals surface area contributed by atoms with E-state index in [9.17, 15) is 4.79 Å². The standard InChI is InChI=1S/C10H13N3O/c1-7-11-9-5-13(2)4-3-8(9)10(6-14)12-7/h6H,3-5H2,1-2H3. The van der Waals surface area contributed by atoms with E-state index in [2.05, 4.69) is 21.9 Å². The Morgan fingerprint density at radius 3 is 2.93 bits per heavy atom. The maximum absolute atomic E-state index is 10.8. The lowest BCUT2D eigenvalue weighted by Crippen LogP contribution is -2.29. The van der Waals surface area contributed by atoms with Crippen molar-refractivity contribution in [1.29, 1.82) is 0 Å². The largest absolute Gasteiger partial charge is 0.300 e. The summed E-state index contributed by atoms with van der Waals surface area (Å²) in [4.78, 5) is 21.5. The smallest absolute Gasteiger partial charge is 0.168 e. The Morgan fingerprint density at radius 2 is 2.21 bits per heavy atom. The van der Waals surface area contributed by atoms with Gasteiger partial charge in [0.15, 0.2) is 6.29 Å². The molecule has 0 fully saturated rings. The Bertz CT molecular complexity index is 376. The number of aromatic nitrogens is 2. The molecule has 2 heterocycles. The van der Waals surface area contributed by atoms with Gasteiger partial charge in [-0.05, 0) is 20.4 Å². The van der Waals surface area contributed by atoms with E-state index in [1.807, 2.05) is 6.92 Å². The lowest BCUT2D eigenvalue weighted by atomic mass is 10.0. The first-order valence-electron chi connectivity index (χ1n) is 4.71. The van der Waals surface area contributed by atoms with Crippen LogP contribution in [-0.4, -0.2) is 34.7 Å². The maximum Gasteiger partial charge on any atom is 0.168 e. The molecule has 4 heteroatoms. The van der Waals surface area contributed by atoms with Gasteiger partial charge in [-0.1, -0.05) is 0 Å². The number of aryl methyl sites for hydroxylation is 1. The van der Waals surface area contributed by atoms with Crippen LogP contribution in [0.4, 0.5) is 0 Å². The van der Waals surface area contributed by atoms with E-state index in [-0.39, 0.29) is 0 Å². The molecule has 1 aliphatic heterocycles. The number of carbonyl (C=O) groups excluding carboxylic acids is 1. The zero-order valence-electron chi connectivity index (χ0n) is 8.45. The molecule has 0 spiro atoms. The molecule has 0 aromatic carbocycles. The predicted octanol–water partition coefficient (Wildman–Crippen LogP) is 0.585. The molecule has 14 heavy (non-hydrogen) atoms. The number of nitrogens with zero attached hydrogens (tertiary/aromatic N) is 3. The van der Waals surface area contributed by atoms with Gasteiger partial charge in [0, 0.05) is 18.7 Å². The Hall–Kier alpha value is -1.29. The van der Waals surface area contributed by atoms with Gasteiger partial charge in [0.25, 0.3) is 0 Å². The van der Waals surface area contributed by atoms with Gasteiger partial charge >= 0.3 is 0 Å². The van der Waals surface area contributed by atoms with Crippen molar-refractivity contribution in [3.05, 3.63) is 22.8 Å². The summed E-state index contributed by atoms with van der Waals surface area (Å²) in [6.45, 7) is 3.61. The Labute approximate surface area is 83.0 Å². The molecular formula is C10H13N3O. The molecule has 0 radical (unpaired) electrons. The monoisotopic (exact) mass is 191 g/mol. The summed E-state index contributed by atoms with van der Waals surface area (Å²) < 4.78 is 0. The number of carbonyl (C=O) groups is 1. The van der Waals surface area contributed by atoms with Gasteiger partial charge in [0.2, 0.25) is 0 Å². The van der Waals surface area contributed by atoms with Crippen molar-refractivity contribution >= 4 is 6.29 Å². The van der Waals surface area contributed by atoms with E-state index in [4.69, 9.17) is 0 Å². The highest BCUT2D eigenvalue weighted by molar-refractivity contribution is 5.74. The van der Waals surface area contributed by atoms with Crippen molar-refractivity contribution in [2.45, 2.75) is 19.9 Å². The SMILES string of the molecule is Cc1nc(C=O)c2c(n1)CN(C)CC2. The summed E-state index contributed by atoms with van der Waals surface area (Å²) in [5.74, 6) is 0.682. The number of aldehydes is 1. The zero-order chi connectivity index (χ0) is 10.1. The van der Waals surface area contributed by atoms with Crippen molar-refractivity contribution in [1.82, 2.24) is 14.9 Å². The van der Waals surface area contributed by atoms with Crippen molar-refractivity contribution in [2.24, 2.45) is 0 Å². The fourth-order valence-electron chi connectivity index (χ4n) is 1.82. The van der Waals surface area contributed by atoms with Crippen molar-refractivity contribution in [3.63, 3.8) is 0 Å². The van der Waals surface area contributed by atoms with Crippen LogP contribution in [0, 0.1) is 6.92 Å². The minimum Gasteiger partial charge on any atom is -0.300 e. The first kappa shape index (κ1) is 9.27. The number of hydrogen-bond donors (Lipinski definition) is 0. The average molecular weight is 191 g/mol. The summed E-state index contributed by atoms with van der Waals surface area (Å²) in [7, 11) is 2.06. The van der Waals surface area contributed by atoms with E-state index >= 15 is 0 Å². The highest BCUT2D eigenvalue weighted by atomic mass is 16.1. The van der Waals surface area contributed by atoms with Crippen LogP contribution in [0.25, 0.3) is 0 Å². The first-order valence-corrected chi connectivity index (χ1v) is 4.71. The normalized spacial score (nSPS) is 16.4. The lowest BCUT2D eigenvalue weighted by Gasteiger charge is -2.24. The van der Waals surface area contributed by atoms with Crippen LogP contribution < -0.4 is 0 Å². The fraction of sp³-hybridized carbons (Fsp3) is 0.500. The van der Waals surface area contributed by atoms with Crippen LogP contribution in [0.15, 0.2) is 0 Å². The molecule has 0 saturated carbocycles.